The van der Waals surface area contributed by atoms with Gasteiger partial charge in [-0.2, -0.15) is 0 Å². The summed E-state index contributed by atoms with van der Waals surface area (Å²) in [6.45, 7) is 5.97. The van der Waals surface area contributed by atoms with Crippen LogP contribution in [0.15, 0.2) is 23.2 Å². The number of nitrogens with zero attached hydrogens (tertiary/aromatic N) is 1. The highest BCUT2D eigenvalue weighted by molar-refractivity contribution is 14.0. The SMILES string of the molecule is CN=C(NCC(C)(C)S(C)(=O)=O)NC(C)c1ccc(OCC2CC2)c(F)c1.I. The van der Waals surface area contributed by atoms with Crippen molar-refractivity contribution in [1.82, 2.24) is 10.6 Å². The molecule has 1 aromatic rings. The first-order valence-electron chi connectivity index (χ1n) is 9.12. The predicted molar refractivity (Wildman–Crippen MR) is 122 cm³/mol. The van der Waals surface area contributed by atoms with Gasteiger partial charge in [-0.15, -0.1) is 24.0 Å². The Bertz CT molecular complexity index is 796. The number of rotatable bonds is 8. The number of guanidine groups is 1. The van der Waals surface area contributed by atoms with Crippen molar-refractivity contribution in [3.8, 4) is 5.75 Å². The number of ether oxygens (including phenoxy) is 1. The van der Waals surface area contributed by atoms with Gasteiger partial charge < -0.3 is 15.4 Å². The van der Waals surface area contributed by atoms with Crippen LogP contribution in [0.2, 0.25) is 0 Å². The van der Waals surface area contributed by atoms with Gasteiger partial charge in [0.15, 0.2) is 27.4 Å². The highest BCUT2D eigenvalue weighted by atomic mass is 127. The molecule has 1 aliphatic carbocycles. The average Bonchev–Trinajstić information content (AvgIpc) is 3.40. The van der Waals surface area contributed by atoms with Crippen LogP contribution in [-0.2, 0) is 9.84 Å². The maximum Gasteiger partial charge on any atom is 0.191 e. The van der Waals surface area contributed by atoms with Crippen LogP contribution in [0.3, 0.4) is 0 Å². The van der Waals surface area contributed by atoms with Gasteiger partial charge in [0.2, 0.25) is 0 Å². The van der Waals surface area contributed by atoms with E-state index in [2.05, 4.69) is 15.6 Å². The van der Waals surface area contributed by atoms with Crippen molar-refractivity contribution >= 4 is 39.8 Å². The van der Waals surface area contributed by atoms with Crippen LogP contribution in [-0.4, -0.2) is 45.6 Å². The molecule has 2 N–H and O–H groups in total. The number of benzene rings is 1. The van der Waals surface area contributed by atoms with Gasteiger partial charge in [-0.3, -0.25) is 4.99 Å². The molecule has 0 saturated heterocycles. The fraction of sp³-hybridized carbons (Fsp3) is 0.632. The van der Waals surface area contributed by atoms with Crippen LogP contribution in [0.4, 0.5) is 4.39 Å². The lowest BCUT2D eigenvalue weighted by Gasteiger charge is -2.25. The molecule has 0 bridgehead atoms. The number of aliphatic imine (C=N–C) groups is 1. The molecule has 0 aliphatic heterocycles. The van der Waals surface area contributed by atoms with Crippen molar-refractivity contribution in [2.24, 2.45) is 10.9 Å². The third-order valence-corrected chi connectivity index (χ3v) is 7.04. The molecule has 28 heavy (non-hydrogen) atoms. The van der Waals surface area contributed by atoms with Gasteiger partial charge in [0.25, 0.3) is 0 Å². The summed E-state index contributed by atoms with van der Waals surface area (Å²) in [5.41, 5.74) is 0.747. The molecule has 0 amide bonds. The molecule has 0 aromatic heterocycles. The lowest BCUT2D eigenvalue weighted by Crippen LogP contribution is -2.48. The maximum atomic E-state index is 14.3. The molecule has 1 aliphatic rings. The van der Waals surface area contributed by atoms with Crippen LogP contribution < -0.4 is 15.4 Å². The van der Waals surface area contributed by atoms with Crippen LogP contribution >= 0.6 is 24.0 Å². The maximum absolute atomic E-state index is 14.3. The minimum Gasteiger partial charge on any atom is -0.490 e. The van der Waals surface area contributed by atoms with E-state index in [1.807, 2.05) is 13.0 Å². The lowest BCUT2D eigenvalue weighted by molar-refractivity contribution is 0.285. The van der Waals surface area contributed by atoms with Gasteiger partial charge in [0.05, 0.1) is 17.4 Å². The zero-order chi connectivity index (χ0) is 20.2. The van der Waals surface area contributed by atoms with Crippen LogP contribution in [0, 0.1) is 11.7 Å². The van der Waals surface area contributed by atoms with Crippen LogP contribution in [0.25, 0.3) is 0 Å². The van der Waals surface area contributed by atoms with Gasteiger partial charge >= 0.3 is 0 Å². The first-order valence-corrected chi connectivity index (χ1v) is 11.0. The second-order valence-electron chi connectivity index (χ2n) is 7.77. The fourth-order valence-corrected chi connectivity index (χ4v) is 2.64. The van der Waals surface area contributed by atoms with E-state index in [4.69, 9.17) is 4.74 Å². The van der Waals surface area contributed by atoms with E-state index in [1.165, 1.54) is 12.3 Å². The Morgan fingerprint density at radius 1 is 1.39 bits per heavy atom. The van der Waals surface area contributed by atoms with E-state index < -0.39 is 14.6 Å². The number of halogens is 2. The van der Waals surface area contributed by atoms with Gasteiger partial charge in [0, 0.05) is 19.8 Å². The fourth-order valence-electron chi connectivity index (χ4n) is 2.31. The third-order valence-electron chi connectivity index (χ3n) is 4.89. The van der Waals surface area contributed by atoms with Gasteiger partial charge in [-0.05, 0) is 57.2 Å². The van der Waals surface area contributed by atoms with E-state index >= 15 is 0 Å². The number of hydrogen-bond donors (Lipinski definition) is 2. The minimum absolute atomic E-state index is 0. The Morgan fingerprint density at radius 3 is 2.54 bits per heavy atom. The molecule has 0 heterocycles. The molecule has 0 radical (unpaired) electrons. The number of hydrogen-bond acceptors (Lipinski definition) is 4. The van der Waals surface area contributed by atoms with Crippen molar-refractivity contribution in [1.29, 1.82) is 0 Å². The minimum atomic E-state index is -3.21. The summed E-state index contributed by atoms with van der Waals surface area (Å²) < 4.78 is 42.5. The highest BCUT2D eigenvalue weighted by Crippen LogP contribution is 2.30. The molecule has 1 aromatic carbocycles. The Kier molecular flexibility index (Phi) is 8.98. The molecular formula is C19H31FIN3O3S. The second-order valence-corrected chi connectivity index (χ2v) is 10.4. The van der Waals surface area contributed by atoms with Crippen molar-refractivity contribution in [3.63, 3.8) is 0 Å². The van der Waals surface area contributed by atoms with Gasteiger partial charge in [0.1, 0.15) is 0 Å². The van der Waals surface area contributed by atoms with E-state index in [1.54, 1.807) is 27.0 Å². The van der Waals surface area contributed by atoms with E-state index in [-0.39, 0.29) is 48.1 Å². The van der Waals surface area contributed by atoms with Crippen LogP contribution in [0.1, 0.15) is 45.2 Å². The van der Waals surface area contributed by atoms with Gasteiger partial charge in [-0.25, -0.2) is 12.8 Å². The molecule has 6 nitrogen and oxygen atoms in total. The summed E-state index contributed by atoms with van der Waals surface area (Å²) in [6, 6.07) is 4.70. The van der Waals surface area contributed by atoms with E-state index in [0.717, 1.165) is 18.4 Å². The quantitative estimate of drug-likeness (QED) is 0.308. The third kappa shape index (κ3) is 7.06. The standard InChI is InChI=1S/C19H30FN3O3S.HI/c1-13(23-18(21-4)22-12-19(2,3)27(5,24)25)15-8-9-17(16(20)10-15)26-11-14-6-7-14;/h8-10,13-14H,6-7,11-12H2,1-5H3,(H2,21,22,23);1H. The summed E-state index contributed by atoms with van der Waals surface area (Å²) in [7, 11) is -1.61. The summed E-state index contributed by atoms with van der Waals surface area (Å²) >= 11 is 0. The molecule has 0 spiro atoms. The van der Waals surface area contributed by atoms with Gasteiger partial charge in [-0.1, -0.05) is 6.07 Å². The van der Waals surface area contributed by atoms with Crippen molar-refractivity contribution < 1.29 is 17.5 Å². The molecule has 1 fully saturated rings. The summed E-state index contributed by atoms with van der Waals surface area (Å²) in [5.74, 6) is 0.905. The molecule has 1 atom stereocenters. The number of nitrogens with one attached hydrogen (secondary N) is 2. The largest absolute Gasteiger partial charge is 0.490 e. The summed E-state index contributed by atoms with van der Waals surface area (Å²) in [4.78, 5) is 4.12. The van der Waals surface area contributed by atoms with E-state index in [9.17, 15) is 12.8 Å². The molecule has 1 saturated carbocycles. The molecular weight excluding hydrogens is 496 g/mol. The average molecular weight is 527 g/mol. The molecule has 160 valence electrons. The first-order chi connectivity index (χ1) is 12.5. The normalized spacial score (nSPS) is 16.1. The second kappa shape index (κ2) is 10.1. The number of sulfone groups is 1. The van der Waals surface area contributed by atoms with E-state index in [0.29, 0.717) is 18.5 Å². The lowest BCUT2D eigenvalue weighted by atomic mass is 10.1. The Hall–Kier alpha value is -1.10. The van der Waals surface area contributed by atoms with Crippen molar-refractivity contribution in [2.45, 2.75) is 44.4 Å². The monoisotopic (exact) mass is 527 g/mol. The Balaban J connectivity index is 0.00000392. The summed E-state index contributed by atoms with van der Waals surface area (Å²) in [6.07, 6.45) is 3.52. The molecule has 9 heteroatoms. The molecule has 1 unspecified atom stereocenters. The smallest absolute Gasteiger partial charge is 0.191 e. The Labute approximate surface area is 184 Å². The first kappa shape index (κ1) is 24.9. The highest BCUT2D eigenvalue weighted by Gasteiger charge is 2.30. The Morgan fingerprint density at radius 2 is 2.04 bits per heavy atom. The van der Waals surface area contributed by atoms with Crippen molar-refractivity contribution in [3.05, 3.63) is 29.6 Å². The predicted octanol–water partition coefficient (Wildman–Crippen LogP) is 3.28. The zero-order valence-electron chi connectivity index (χ0n) is 17.1. The van der Waals surface area contributed by atoms with Crippen molar-refractivity contribution in [2.75, 3.05) is 26.5 Å². The van der Waals surface area contributed by atoms with Crippen LogP contribution in [0.5, 0.6) is 5.75 Å². The summed E-state index contributed by atoms with van der Waals surface area (Å²) in [5, 5.41) is 6.17. The topological polar surface area (TPSA) is 79.8 Å². The molecule has 2 rings (SSSR count). The zero-order valence-corrected chi connectivity index (χ0v) is 20.2.